The third-order valence-electron chi connectivity index (χ3n) is 4.08. The molecular formula is C14H25N5. The summed E-state index contributed by atoms with van der Waals surface area (Å²) >= 11 is 0. The molecule has 5 nitrogen and oxygen atoms in total. The molecule has 0 amide bonds. The highest BCUT2D eigenvalue weighted by atomic mass is 15.3. The van der Waals surface area contributed by atoms with Gasteiger partial charge in [-0.25, -0.2) is 9.97 Å². The molecule has 0 unspecified atom stereocenters. The zero-order chi connectivity index (χ0) is 14.2. The third kappa shape index (κ3) is 2.66. The number of nitrogens with zero attached hydrogens (tertiary/aromatic N) is 4. The van der Waals surface area contributed by atoms with Gasteiger partial charge in [0.1, 0.15) is 17.5 Å². The minimum Gasteiger partial charge on any atom is -0.373 e. The van der Waals surface area contributed by atoms with Gasteiger partial charge < -0.3 is 10.2 Å². The monoisotopic (exact) mass is 263 g/mol. The quantitative estimate of drug-likeness (QED) is 0.879. The van der Waals surface area contributed by atoms with E-state index in [9.17, 15) is 0 Å². The highest BCUT2D eigenvalue weighted by molar-refractivity contribution is 5.58. The Hall–Kier alpha value is -1.36. The minimum atomic E-state index is 0.170. The number of aromatic nitrogens is 2. The Morgan fingerprint density at radius 1 is 1.16 bits per heavy atom. The van der Waals surface area contributed by atoms with Gasteiger partial charge in [0.15, 0.2) is 0 Å². The molecule has 2 rings (SSSR count). The van der Waals surface area contributed by atoms with Crippen LogP contribution in [0.3, 0.4) is 0 Å². The lowest BCUT2D eigenvalue weighted by molar-refractivity contribution is 0.138. The zero-order valence-electron chi connectivity index (χ0n) is 12.9. The largest absolute Gasteiger partial charge is 0.373 e. The van der Waals surface area contributed by atoms with Gasteiger partial charge in [-0.3, -0.25) is 4.90 Å². The van der Waals surface area contributed by atoms with E-state index in [1.165, 1.54) is 0 Å². The molecule has 106 valence electrons. The van der Waals surface area contributed by atoms with Crippen LogP contribution >= 0.6 is 0 Å². The molecule has 1 aromatic rings. The van der Waals surface area contributed by atoms with Gasteiger partial charge in [-0.1, -0.05) is 0 Å². The van der Waals surface area contributed by atoms with E-state index in [-0.39, 0.29) is 5.54 Å². The number of aryl methyl sites for hydroxylation is 1. The van der Waals surface area contributed by atoms with Gasteiger partial charge in [0.2, 0.25) is 0 Å². The van der Waals surface area contributed by atoms with E-state index in [4.69, 9.17) is 0 Å². The molecule has 5 heteroatoms. The molecule has 1 aliphatic rings. The number of hydrogen-bond acceptors (Lipinski definition) is 5. The Kier molecular flexibility index (Phi) is 3.67. The molecule has 0 atom stereocenters. The molecule has 0 spiro atoms. The molecule has 0 aliphatic carbocycles. The van der Waals surface area contributed by atoms with E-state index in [1.807, 2.05) is 14.0 Å². The van der Waals surface area contributed by atoms with Crippen molar-refractivity contribution in [1.82, 2.24) is 14.9 Å². The Bertz CT molecular complexity index is 469. The maximum atomic E-state index is 4.65. The smallest absolute Gasteiger partial charge is 0.137 e. The number of piperazine rings is 1. The van der Waals surface area contributed by atoms with Crippen LogP contribution in [0, 0.1) is 13.8 Å². The van der Waals surface area contributed by atoms with E-state index in [0.717, 1.165) is 42.7 Å². The lowest BCUT2D eigenvalue weighted by Gasteiger charge is -2.46. The molecule has 1 fully saturated rings. The molecule has 0 radical (unpaired) electrons. The van der Waals surface area contributed by atoms with Gasteiger partial charge in [0.25, 0.3) is 0 Å². The SMILES string of the molecule is CNc1nc(C)nc(N2CCN(C)C(C)(C)C2)c1C. The summed E-state index contributed by atoms with van der Waals surface area (Å²) in [7, 11) is 4.10. The zero-order valence-corrected chi connectivity index (χ0v) is 12.9. The number of hydrogen-bond donors (Lipinski definition) is 1. The second kappa shape index (κ2) is 4.96. The summed E-state index contributed by atoms with van der Waals surface area (Å²) in [6.07, 6.45) is 0. The Balaban J connectivity index is 2.35. The van der Waals surface area contributed by atoms with Gasteiger partial charge in [-0.15, -0.1) is 0 Å². The average molecular weight is 263 g/mol. The topological polar surface area (TPSA) is 44.3 Å². The van der Waals surface area contributed by atoms with Crippen LogP contribution in [0.1, 0.15) is 25.2 Å². The predicted octanol–water partition coefficient (Wildman–Crippen LogP) is 1.67. The summed E-state index contributed by atoms with van der Waals surface area (Å²) < 4.78 is 0. The van der Waals surface area contributed by atoms with Gasteiger partial charge in [0, 0.05) is 37.8 Å². The molecule has 0 bridgehead atoms. The van der Waals surface area contributed by atoms with Crippen LogP contribution in [0.2, 0.25) is 0 Å². The molecule has 0 aromatic carbocycles. The first-order valence-electron chi connectivity index (χ1n) is 6.84. The van der Waals surface area contributed by atoms with Crippen LogP contribution in [-0.4, -0.2) is 54.1 Å². The van der Waals surface area contributed by atoms with Crippen molar-refractivity contribution < 1.29 is 0 Å². The standard InChI is InChI=1S/C14H25N5/c1-10-12(15-5)16-11(2)17-13(10)19-8-7-18(6)14(3,4)9-19/h7-9H2,1-6H3,(H,15,16,17). The first-order chi connectivity index (χ1) is 8.85. The summed E-state index contributed by atoms with van der Waals surface area (Å²) in [5, 5.41) is 3.16. The molecular weight excluding hydrogens is 238 g/mol. The van der Waals surface area contributed by atoms with Gasteiger partial charge >= 0.3 is 0 Å². The van der Waals surface area contributed by atoms with Gasteiger partial charge in [0.05, 0.1) is 0 Å². The Morgan fingerprint density at radius 3 is 2.42 bits per heavy atom. The lowest BCUT2D eigenvalue weighted by Crippen LogP contribution is -2.58. The van der Waals surface area contributed by atoms with Crippen LogP contribution in [0.15, 0.2) is 0 Å². The van der Waals surface area contributed by atoms with Crippen LogP contribution in [0.25, 0.3) is 0 Å². The van der Waals surface area contributed by atoms with Gasteiger partial charge in [-0.05, 0) is 34.7 Å². The van der Waals surface area contributed by atoms with E-state index < -0.39 is 0 Å². The Morgan fingerprint density at radius 2 is 1.84 bits per heavy atom. The van der Waals surface area contributed by atoms with Gasteiger partial charge in [-0.2, -0.15) is 0 Å². The van der Waals surface area contributed by atoms with Crippen LogP contribution in [0.4, 0.5) is 11.6 Å². The predicted molar refractivity (Wildman–Crippen MR) is 80.0 cm³/mol. The number of rotatable bonds is 2. The number of likely N-dealkylation sites (N-methyl/N-ethyl adjacent to an activating group) is 1. The van der Waals surface area contributed by atoms with Crippen LogP contribution < -0.4 is 10.2 Å². The summed E-state index contributed by atoms with van der Waals surface area (Å²) in [6.45, 7) is 11.7. The molecule has 19 heavy (non-hydrogen) atoms. The molecule has 0 saturated carbocycles. The number of anilines is 2. The average Bonchev–Trinajstić information content (AvgIpc) is 2.35. The maximum Gasteiger partial charge on any atom is 0.137 e. The minimum absolute atomic E-state index is 0.170. The van der Waals surface area contributed by atoms with E-state index in [0.29, 0.717) is 0 Å². The highest BCUT2D eigenvalue weighted by Gasteiger charge is 2.32. The number of nitrogens with one attached hydrogen (secondary N) is 1. The van der Waals surface area contributed by atoms with Crippen molar-refractivity contribution in [3.05, 3.63) is 11.4 Å². The summed E-state index contributed by atoms with van der Waals surface area (Å²) in [6, 6.07) is 0. The van der Waals surface area contributed by atoms with Crippen molar-refractivity contribution in [3.8, 4) is 0 Å². The normalized spacial score (nSPS) is 19.6. The van der Waals surface area contributed by atoms with Crippen molar-refractivity contribution in [2.45, 2.75) is 33.2 Å². The van der Waals surface area contributed by atoms with Crippen molar-refractivity contribution in [3.63, 3.8) is 0 Å². The third-order valence-corrected chi connectivity index (χ3v) is 4.08. The fourth-order valence-corrected chi connectivity index (χ4v) is 2.59. The lowest BCUT2D eigenvalue weighted by atomic mass is 9.99. The van der Waals surface area contributed by atoms with Crippen LogP contribution in [-0.2, 0) is 0 Å². The van der Waals surface area contributed by atoms with Crippen molar-refractivity contribution in [1.29, 1.82) is 0 Å². The molecule has 1 aromatic heterocycles. The Labute approximate surface area is 116 Å². The summed E-state index contributed by atoms with van der Waals surface area (Å²) in [5.41, 5.74) is 1.30. The molecule has 2 heterocycles. The van der Waals surface area contributed by atoms with Crippen molar-refractivity contribution in [2.24, 2.45) is 0 Å². The second-order valence-electron chi connectivity index (χ2n) is 5.97. The molecule has 1 aliphatic heterocycles. The summed E-state index contributed by atoms with van der Waals surface area (Å²) in [4.78, 5) is 13.9. The van der Waals surface area contributed by atoms with E-state index >= 15 is 0 Å². The fraction of sp³-hybridized carbons (Fsp3) is 0.714. The highest BCUT2D eigenvalue weighted by Crippen LogP contribution is 2.28. The molecule has 1 saturated heterocycles. The van der Waals surface area contributed by atoms with Crippen molar-refractivity contribution in [2.75, 3.05) is 43.9 Å². The van der Waals surface area contributed by atoms with E-state index in [2.05, 4.69) is 52.9 Å². The first-order valence-corrected chi connectivity index (χ1v) is 6.84. The maximum absolute atomic E-state index is 4.65. The fourth-order valence-electron chi connectivity index (χ4n) is 2.59. The molecule has 1 N–H and O–H groups in total. The first kappa shape index (κ1) is 14.1. The van der Waals surface area contributed by atoms with E-state index in [1.54, 1.807) is 0 Å². The van der Waals surface area contributed by atoms with Crippen LogP contribution in [0.5, 0.6) is 0 Å². The van der Waals surface area contributed by atoms with Crippen molar-refractivity contribution >= 4 is 11.6 Å². The summed E-state index contributed by atoms with van der Waals surface area (Å²) in [5.74, 6) is 2.82. The second-order valence-corrected chi connectivity index (χ2v) is 5.97.